The van der Waals surface area contributed by atoms with Crippen LogP contribution in [-0.2, 0) is 15.1 Å². The van der Waals surface area contributed by atoms with E-state index in [4.69, 9.17) is 27.9 Å². The molecule has 0 radical (unpaired) electrons. The minimum atomic E-state index is -1.40. The zero-order chi connectivity index (χ0) is 19.6. The van der Waals surface area contributed by atoms with E-state index in [-0.39, 0.29) is 28.9 Å². The molecule has 0 N–H and O–H groups in total. The Balaban J connectivity index is 2.24. The van der Waals surface area contributed by atoms with Gasteiger partial charge < -0.3 is 9.53 Å². The van der Waals surface area contributed by atoms with Gasteiger partial charge in [0.1, 0.15) is 16.2 Å². The van der Waals surface area contributed by atoms with Gasteiger partial charge in [-0.1, -0.05) is 23.2 Å². The highest BCUT2D eigenvalue weighted by Gasteiger charge is 2.49. The smallest absolute Gasteiger partial charge is 0.350 e. The van der Waals surface area contributed by atoms with Gasteiger partial charge in [0.15, 0.2) is 5.82 Å². The number of hydrogen-bond donors (Lipinski definition) is 0. The van der Waals surface area contributed by atoms with Gasteiger partial charge in [-0.2, -0.15) is 0 Å². The van der Waals surface area contributed by atoms with Gasteiger partial charge in [0.25, 0.3) is 0 Å². The summed E-state index contributed by atoms with van der Waals surface area (Å²) in [7, 11) is 0. The van der Waals surface area contributed by atoms with Crippen LogP contribution in [0.15, 0.2) is 33.5 Å². The number of carbonyl (C=O) groups excluding carboxylic acids is 2. The van der Waals surface area contributed by atoms with E-state index >= 15 is 0 Å². The number of aromatic nitrogens is 3. The Labute approximate surface area is 169 Å². The Morgan fingerprint density at radius 3 is 2.67 bits per heavy atom. The Kier molecular flexibility index (Phi) is 5.69. The zero-order valence-electron chi connectivity index (χ0n) is 14.4. The fraction of sp³-hybridized carbons (Fsp3) is 0.294. The van der Waals surface area contributed by atoms with Crippen LogP contribution in [0.25, 0.3) is 0 Å². The van der Waals surface area contributed by atoms with Crippen molar-refractivity contribution in [3.05, 3.63) is 49.9 Å². The second kappa shape index (κ2) is 7.84. The number of esters is 1. The quantitative estimate of drug-likeness (QED) is 0.520. The first-order valence-electron chi connectivity index (χ1n) is 7.96. The molecule has 3 rings (SSSR count). The molecule has 2 aromatic heterocycles. The fourth-order valence-corrected chi connectivity index (χ4v) is 4.34. The first kappa shape index (κ1) is 19.6. The average molecular weight is 425 g/mol. The first-order valence-corrected chi connectivity index (χ1v) is 9.53. The minimum Gasteiger partial charge on any atom is -0.462 e. The Hall–Kier alpha value is -2.16. The number of aliphatic imine (C=N–C) groups is 1. The molecule has 0 aromatic carbocycles. The van der Waals surface area contributed by atoms with Crippen molar-refractivity contribution < 1.29 is 14.3 Å². The molecule has 1 unspecified atom stereocenters. The molecule has 0 aliphatic carbocycles. The molecule has 0 fully saturated rings. The largest absolute Gasteiger partial charge is 0.462 e. The van der Waals surface area contributed by atoms with Crippen LogP contribution in [0.5, 0.6) is 0 Å². The third kappa shape index (κ3) is 3.28. The van der Waals surface area contributed by atoms with Crippen molar-refractivity contribution in [2.75, 3.05) is 6.61 Å². The van der Waals surface area contributed by atoms with Crippen molar-refractivity contribution in [1.82, 2.24) is 15.0 Å². The van der Waals surface area contributed by atoms with Crippen LogP contribution < -0.4 is 0 Å². The summed E-state index contributed by atoms with van der Waals surface area (Å²) < 4.78 is 5.08. The molecule has 0 saturated heterocycles. The maximum absolute atomic E-state index is 12.2. The van der Waals surface area contributed by atoms with Gasteiger partial charge in [-0.25, -0.2) is 19.7 Å². The molecule has 1 atom stereocenters. The van der Waals surface area contributed by atoms with E-state index < -0.39 is 11.5 Å². The monoisotopic (exact) mass is 424 g/mol. The van der Waals surface area contributed by atoms with Crippen molar-refractivity contribution in [3.63, 3.8) is 0 Å². The maximum atomic E-state index is 12.2. The molecular formula is C17H14Cl2N4O3S. The van der Waals surface area contributed by atoms with Crippen LogP contribution in [-0.4, -0.2) is 39.5 Å². The summed E-state index contributed by atoms with van der Waals surface area (Å²) in [4.78, 5) is 41.2. The van der Waals surface area contributed by atoms with Crippen molar-refractivity contribution in [2.45, 2.75) is 25.8 Å². The van der Waals surface area contributed by atoms with Crippen molar-refractivity contribution >= 4 is 52.5 Å². The first-order chi connectivity index (χ1) is 13.0. The SMILES string of the molecule is CCOC(=O)c1sc(C2(c3ncccn3)N=C(CC=O)C(Cl)=C2Cl)nc1C. The second-order valence-electron chi connectivity index (χ2n) is 5.49. The van der Waals surface area contributed by atoms with Crippen LogP contribution in [0, 0.1) is 6.92 Å². The Morgan fingerprint density at radius 1 is 1.33 bits per heavy atom. The van der Waals surface area contributed by atoms with E-state index in [1.54, 1.807) is 32.3 Å². The number of thiazole rings is 1. The molecule has 7 nitrogen and oxygen atoms in total. The Bertz CT molecular complexity index is 958. The van der Waals surface area contributed by atoms with Crippen LogP contribution >= 0.6 is 34.5 Å². The lowest BCUT2D eigenvalue weighted by Gasteiger charge is -2.22. The van der Waals surface area contributed by atoms with Gasteiger partial charge in [0.05, 0.1) is 28.1 Å². The molecule has 27 heavy (non-hydrogen) atoms. The van der Waals surface area contributed by atoms with Crippen LogP contribution in [0.1, 0.15) is 39.5 Å². The van der Waals surface area contributed by atoms with E-state index in [2.05, 4.69) is 19.9 Å². The lowest BCUT2D eigenvalue weighted by molar-refractivity contribution is -0.106. The molecule has 0 bridgehead atoms. The number of nitrogens with zero attached hydrogens (tertiary/aromatic N) is 4. The molecule has 0 spiro atoms. The highest BCUT2D eigenvalue weighted by atomic mass is 35.5. The van der Waals surface area contributed by atoms with Crippen LogP contribution in [0.2, 0.25) is 0 Å². The summed E-state index contributed by atoms with van der Waals surface area (Å²) in [5.41, 5.74) is -0.614. The molecule has 0 amide bonds. The number of hydrogen-bond acceptors (Lipinski definition) is 8. The fourth-order valence-electron chi connectivity index (χ4n) is 2.61. The lowest BCUT2D eigenvalue weighted by Crippen LogP contribution is -2.27. The average Bonchev–Trinajstić information content (AvgIpc) is 3.17. The molecule has 3 heterocycles. The maximum Gasteiger partial charge on any atom is 0.350 e. The summed E-state index contributed by atoms with van der Waals surface area (Å²) in [5, 5.41) is 0.663. The summed E-state index contributed by atoms with van der Waals surface area (Å²) in [6.45, 7) is 3.66. The topological polar surface area (TPSA) is 94.4 Å². The number of allylic oxidation sites excluding steroid dienone is 1. The van der Waals surface area contributed by atoms with Crippen LogP contribution in [0.4, 0.5) is 0 Å². The zero-order valence-corrected chi connectivity index (χ0v) is 16.7. The van der Waals surface area contributed by atoms with E-state index in [9.17, 15) is 9.59 Å². The predicted octanol–water partition coefficient (Wildman–Crippen LogP) is 3.39. The number of rotatable bonds is 6. The van der Waals surface area contributed by atoms with Gasteiger partial charge in [-0.3, -0.25) is 4.99 Å². The van der Waals surface area contributed by atoms with E-state index in [1.165, 1.54) is 0 Å². The van der Waals surface area contributed by atoms with Gasteiger partial charge in [0.2, 0.25) is 5.54 Å². The van der Waals surface area contributed by atoms with Crippen LogP contribution in [0.3, 0.4) is 0 Å². The molecule has 1 aliphatic rings. The third-order valence-corrected chi connectivity index (χ3v) is 6.01. The van der Waals surface area contributed by atoms with Crippen molar-refractivity contribution in [3.8, 4) is 0 Å². The second-order valence-corrected chi connectivity index (χ2v) is 7.25. The molecular weight excluding hydrogens is 411 g/mol. The summed E-state index contributed by atoms with van der Waals surface area (Å²) in [5.74, 6) is -0.234. The van der Waals surface area contributed by atoms with Crippen molar-refractivity contribution in [1.29, 1.82) is 0 Å². The number of aldehydes is 1. The highest BCUT2D eigenvalue weighted by Crippen LogP contribution is 2.49. The summed E-state index contributed by atoms with van der Waals surface area (Å²) >= 11 is 14.0. The highest BCUT2D eigenvalue weighted by molar-refractivity contribution is 7.14. The number of halogens is 2. The predicted molar refractivity (Wildman–Crippen MR) is 102 cm³/mol. The van der Waals surface area contributed by atoms with Gasteiger partial charge in [-0.15, -0.1) is 11.3 Å². The summed E-state index contributed by atoms with van der Waals surface area (Å²) in [6, 6.07) is 1.65. The third-order valence-electron chi connectivity index (χ3n) is 3.80. The molecule has 10 heteroatoms. The summed E-state index contributed by atoms with van der Waals surface area (Å²) in [6.07, 6.45) is 3.76. The Morgan fingerprint density at radius 2 is 2.04 bits per heavy atom. The molecule has 1 aliphatic heterocycles. The normalized spacial score (nSPS) is 19.2. The van der Waals surface area contributed by atoms with Gasteiger partial charge >= 0.3 is 5.97 Å². The lowest BCUT2D eigenvalue weighted by atomic mass is 10.0. The van der Waals surface area contributed by atoms with Gasteiger partial charge in [-0.05, 0) is 19.9 Å². The number of aryl methyl sites for hydroxylation is 1. The minimum absolute atomic E-state index is 0.0152. The molecule has 2 aromatic rings. The van der Waals surface area contributed by atoms with E-state index in [0.717, 1.165) is 11.3 Å². The molecule has 0 saturated carbocycles. The number of ether oxygens (including phenoxy) is 1. The number of carbonyl (C=O) groups is 2. The van der Waals surface area contributed by atoms with E-state index in [0.29, 0.717) is 27.6 Å². The van der Waals surface area contributed by atoms with Crippen molar-refractivity contribution in [2.24, 2.45) is 4.99 Å². The van der Waals surface area contributed by atoms with E-state index in [1.807, 2.05) is 0 Å². The molecule has 140 valence electrons. The standard InChI is InChI=1S/C17H14Cl2N4O3S/c1-3-26-14(25)12-9(2)22-16(27-12)17(15-20-6-4-7-21-15)13(19)11(18)10(23-17)5-8-24/h4,6-8H,3,5H2,1-2H3. The van der Waals surface area contributed by atoms with Gasteiger partial charge in [0, 0.05) is 18.8 Å².